The maximum atomic E-state index is 12.5. The Morgan fingerprint density at radius 3 is 2.32 bits per heavy atom. The van der Waals surface area contributed by atoms with E-state index < -0.39 is 14.9 Å². The lowest BCUT2D eigenvalue weighted by Crippen LogP contribution is -2.13. The van der Waals surface area contributed by atoms with Gasteiger partial charge in [-0.1, -0.05) is 36.4 Å². The van der Waals surface area contributed by atoms with E-state index in [1.807, 2.05) is 42.5 Å². The normalized spacial score (nSPS) is 11.2. The van der Waals surface area contributed by atoms with Gasteiger partial charge in [-0.3, -0.25) is 14.8 Å². The number of nitro benzene ring substituents is 1. The van der Waals surface area contributed by atoms with Crippen molar-refractivity contribution in [1.29, 1.82) is 0 Å². The standard InChI is InChI=1S/C20H18N2O4S2/c1-15-7-12-19(13-20(15)22(23)24)28(25,26)21-17-10-8-16(9-11-17)14-27-18-5-3-2-4-6-18/h2-13,21H,14H2,1H3. The summed E-state index contributed by atoms with van der Waals surface area (Å²) in [7, 11) is -3.91. The number of rotatable bonds is 7. The van der Waals surface area contributed by atoms with E-state index in [1.165, 1.54) is 12.1 Å². The highest BCUT2D eigenvalue weighted by molar-refractivity contribution is 7.98. The van der Waals surface area contributed by atoms with E-state index >= 15 is 0 Å². The van der Waals surface area contributed by atoms with Crippen LogP contribution in [0, 0.1) is 17.0 Å². The molecular formula is C20H18N2O4S2. The van der Waals surface area contributed by atoms with Crippen LogP contribution in [0.1, 0.15) is 11.1 Å². The van der Waals surface area contributed by atoms with E-state index in [4.69, 9.17) is 0 Å². The number of thioether (sulfide) groups is 1. The zero-order valence-electron chi connectivity index (χ0n) is 15.0. The third kappa shape index (κ3) is 4.90. The summed E-state index contributed by atoms with van der Waals surface area (Å²) in [5.41, 5.74) is 1.64. The first kappa shape index (κ1) is 19.9. The second-order valence-corrected chi connectivity index (χ2v) is 8.84. The summed E-state index contributed by atoms with van der Waals surface area (Å²) in [5.74, 6) is 0.765. The van der Waals surface area contributed by atoms with Gasteiger partial charge in [0.05, 0.1) is 9.82 Å². The Balaban J connectivity index is 1.71. The lowest BCUT2D eigenvalue weighted by Gasteiger charge is -2.09. The number of nitro groups is 1. The molecule has 3 aromatic rings. The summed E-state index contributed by atoms with van der Waals surface area (Å²) < 4.78 is 27.6. The molecule has 144 valence electrons. The lowest BCUT2D eigenvalue weighted by molar-refractivity contribution is -0.385. The van der Waals surface area contributed by atoms with Crippen molar-refractivity contribution < 1.29 is 13.3 Å². The second-order valence-electron chi connectivity index (χ2n) is 6.11. The predicted molar refractivity (Wildman–Crippen MR) is 111 cm³/mol. The van der Waals surface area contributed by atoms with Gasteiger partial charge in [0.25, 0.3) is 15.7 Å². The van der Waals surface area contributed by atoms with Crippen molar-refractivity contribution in [2.45, 2.75) is 22.5 Å². The first-order valence-corrected chi connectivity index (χ1v) is 10.9. The highest BCUT2D eigenvalue weighted by atomic mass is 32.2. The average Bonchev–Trinajstić information content (AvgIpc) is 2.68. The molecule has 0 spiro atoms. The third-order valence-electron chi connectivity index (χ3n) is 4.04. The first-order chi connectivity index (χ1) is 13.3. The van der Waals surface area contributed by atoms with Crippen LogP contribution in [-0.2, 0) is 15.8 Å². The van der Waals surface area contributed by atoms with E-state index in [1.54, 1.807) is 30.8 Å². The molecule has 1 N–H and O–H groups in total. The van der Waals surface area contributed by atoms with Crippen LogP contribution in [0.25, 0.3) is 0 Å². The molecule has 0 fully saturated rings. The Labute approximate surface area is 167 Å². The summed E-state index contributed by atoms with van der Waals surface area (Å²) in [5, 5.41) is 11.0. The molecule has 0 amide bonds. The van der Waals surface area contributed by atoms with E-state index in [0.717, 1.165) is 22.3 Å². The number of aryl methyl sites for hydroxylation is 1. The third-order valence-corrected chi connectivity index (χ3v) is 6.50. The molecule has 6 nitrogen and oxygen atoms in total. The minimum Gasteiger partial charge on any atom is -0.280 e. The van der Waals surface area contributed by atoms with Crippen LogP contribution in [0.4, 0.5) is 11.4 Å². The van der Waals surface area contributed by atoms with Gasteiger partial charge in [-0.25, -0.2) is 8.42 Å². The van der Waals surface area contributed by atoms with Crippen LogP contribution >= 0.6 is 11.8 Å². The molecule has 0 aliphatic heterocycles. The number of anilines is 1. The minimum atomic E-state index is -3.91. The summed E-state index contributed by atoms with van der Waals surface area (Å²) >= 11 is 1.69. The minimum absolute atomic E-state index is 0.145. The maximum Gasteiger partial charge on any atom is 0.273 e. The predicted octanol–water partition coefficient (Wildman–Crippen LogP) is 5.00. The van der Waals surface area contributed by atoms with Crippen molar-refractivity contribution in [3.8, 4) is 0 Å². The van der Waals surface area contributed by atoms with Crippen molar-refractivity contribution in [3.05, 3.63) is 94.0 Å². The molecule has 0 saturated carbocycles. The molecule has 28 heavy (non-hydrogen) atoms. The quantitative estimate of drug-likeness (QED) is 0.334. The van der Waals surface area contributed by atoms with Crippen molar-refractivity contribution in [3.63, 3.8) is 0 Å². The van der Waals surface area contributed by atoms with Crippen LogP contribution in [0.2, 0.25) is 0 Å². The van der Waals surface area contributed by atoms with Gasteiger partial charge < -0.3 is 0 Å². The van der Waals surface area contributed by atoms with E-state index in [2.05, 4.69) is 4.72 Å². The van der Waals surface area contributed by atoms with Gasteiger partial charge in [-0.05, 0) is 42.8 Å². The van der Waals surface area contributed by atoms with Gasteiger partial charge in [0.2, 0.25) is 0 Å². The second kappa shape index (κ2) is 8.45. The molecule has 0 unspecified atom stereocenters. The summed E-state index contributed by atoms with van der Waals surface area (Å²) in [4.78, 5) is 11.5. The fourth-order valence-electron chi connectivity index (χ4n) is 2.52. The largest absolute Gasteiger partial charge is 0.280 e. The SMILES string of the molecule is Cc1ccc(S(=O)(=O)Nc2ccc(CSc3ccccc3)cc2)cc1[N+](=O)[O-]. The molecule has 8 heteroatoms. The van der Waals surface area contributed by atoms with E-state index in [0.29, 0.717) is 11.3 Å². The lowest BCUT2D eigenvalue weighted by atomic mass is 10.2. The first-order valence-electron chi connectivity index (χ1n) is 8.40. The Hall–Kier alpha value is -2.84. The van der Waals surface area contributed by atoms with Gasteiger partial charge in [0.15, 0.2) is 0 Å². The molecule has 0 saturated heterocycles. The molecule has 0 atom stereocenters. The Morgan fingerprint density at radius 1 is 1.00 bits per heavy atom. The maximum absolute atomic E-state index is 12.5. The van der Waals surface area contributed by atoms with Crippen LogP contribution in [0.3, 0.4) is 0 Å². The molecule has 0 aliphatic rings. The van der Waals surface area contributed by atoms with Crippen molar-refractivity contribution in [2.24, 2.45) is 0 Å². The van der Waals surface area contributed by atoms with E-state index in [-0.39, 0.29) is 10.6 Å². The highest BCUT2D eigenvalue weighted by Gasteiger charge is 2.19. The fraction of sp³-hybridized carbons (Fsp3) is 0.100. The van der Waals surface area contributed by atoms with Gasteiger partial charge in [0, 0.05) is 28.0 Å². The number of sulfonamides is 1. The number of benzene rings is 3. The fourth-order valence-corrected chi connectivity index (χ4v) is 4.47. The summed E-state index contributed by atoms with van der Waals surface area (Å²) in [6.45, 7) is 1.56. The topological polar surface area (TPSA) is 89.3 Å². The Bertz CT molecular complexity index is 1080. The van der Waals surface area contributed by atoms with Crippen molar-refractivity contribution in [1.82, 2.24) is 0 Å². The molecule has 0 aromatic heterocycles. The Morgan fingerprint density at radius 2 is 1.68 bits per heavy atom. The number of hydrogen-bond donors (Lipinski definition) is 1. The van der Waals surface area contributed by atoms with Gasteiger partial charge in [-0.2, -0.15) is 0 Å². The number of nitrogens with zero attached hydrogens (tertiary/aromatic N) is 1. The zero-order valence-corrected chi connectivity index (χ0v) is 16.7. The highest BCUT2D eigenvalue weighted by Crippen LogP contribution is 2.26. The molecule has 3 rings (SSSR count). The van der Waals surface area contributed by atoms with E-state index in [9.17, 15) is 18.5 Å². The summed E-state index contributed by atoms with van der Waals surface area (Å²) in [6, 6.07) is 20.9. The number of nitrogens with one attached hydrogen (secondary N) is 1. The zero-order chi connectivity index (χ0) is 20.1. The monoisotopic (exact) mass is 414 g/mol. The van der Waals surface area contributed by atoms with Crippen LogP contribution < -0.4 is 4.72 Å². The summed E-state index contributed by atoms with van der Waals surface area (Å²) in [6.07, 6.45) is 0. The van der Waals surface area contributed by atoms with Gasteiger partial charge >= 0.3 is 0 Å². The average molecular weight is 415 g/mol. The van der Waals surface area contributed by atoms with Crippen molar-refractivity contribution in [2.75, 3.05) is 4.72 Å². The molecule has 0 radical (unpaired) electrons. The van der Waals surface area contributed by atoms with Crippen LogP contribution in [0.15, 0.2) is 82.6 Å². The molecule has 0 aliphatic carbocycles. The number of hydrogen-bond acceptors (Lipinski definition) is 5. The molecule has 0 bridgehead atoms. The van der Waals surface area contributed by atoms with Gasteiger partial charge in [-0.15, -0.1) is 11.8 Å². The van der Waals surface area contributed by atoms with Crippen molar-refractivity contribution >= 4 is 33.2 Å². The molecule has 3 aromatic carbocycles. The Kier molecular flexibility index (Phi) is 6.01. The molecule has 0 heterocycles. The van der Waals surface area contributed by atoms with Gasteiger partial charge in [0.1, 0.15) is 0 Å². The smallest absolute Gasteiger partial charge is 0.273 e. The molecular weight excluding hydrogens is 396 g/mol. The van der Waals surface area contributed by atoms with Crippen LogP contribution in [-0.4, -0.2) is 13.3 Å². The van der Waals surface area contributed by atoms with Crippen LogP contribution in [0.5, 0.6) is 0 Å².